The molecule has 0 spiro atoms. The zero-order valence-corrected chi connectivity index (χ0v) is 14.0. The van der Waals surface area contributed by atoms with Crippen LogP contribution in [0.1, 0.15) is 33.6 Å². The Hall–Kier alpha value is -0.850. The summed E-state index contributed by atoms with van der Waals surface area (Å²) in [6.45, 7) is 8.57. The topological polar surface area (TPSA) is 87.5 Å². The molecular weight excluding hydrogens is 292 g/mol. The van der Waals surface area contributed by atoms with E-state index in [0.717, 1.165) is 25.9 Å². The summed E-state index contributed by atoms with van der Waals surface area (Å²) < 4.78 is 0. The quantitative estimate of drug-likeness (QED) is 0.704. The molecule has 0 aromatic rings. The van der Waals surface area contributed by atoms with E-state index in [4.69, 9.17) is 5.73 Å². The van der Waals surface area contributed by atoms with Crippen molar-refractivity contribution in [3.05, 3.63) is 0 Å². The predicted octanol–water partition coefficient (Wildman–Crippen LogP) is 0.949. The van der Waals surface area contributed by atoms with Crippen LogP contribution < -0.4 is 16.4 Å². The average Bonchev–Trinajstić information content (AvgIpc) is 2.36. The van der Waals surface area contributed by atoms with Crippen molar-refractivity contribution in [1.82, 2.24) is 15.5 Å². The van der Waals surface area contributed by atoms with Crippen molar-refractivity contribution >= 4 is 24.3 Å². The van der Waals surface area contributed by atoms with E-state index in [9.17, 15) is 9.59 Å². The van der Waals surface area contributed by atoms with Crippen molar-refractivity contribution < 1.29 is 9.59 Å². The molecule has 2 unspecified atom stereocenters. The Labute approximate surface area is 133 Å². The summed E-state index contributed by atoms with van der Waals surface area (Å²) in [4.78, 5) is 25.4. The summed E-state index contributed by atoms with van der Waals surface area (Å²) in [6, 6.07) is -0.264. The van der Waals surface area contributed by atoms with Crippen molar-refractivity contribution in [3.63, 3.8) is 0 Å². The van der Waals surface area contributed by atoms with Crippen LogP contribution in [0.3, 0.4) is 0 Å². The number of nitrogens with one attached hydrogen (secondary N) is 2. The van der Waals surface area contributed by atoms with Crippen molar-refractivity contribution in [3.8, 4) is 0 Å². The third-order valence-corrected chi connectivity index (χ3v) is 3.58. The van der Waals surface area contributed by atoms with Crippen LogP contribution in [0.25, 0.3) is 0 Å². The summed E-state index contributed by atoms with van der Waals surface area (Å²) in [5, 5.41) is 5.03. The number of imide groups is 1. The number of carbonyl (C=O) groups excluding carboxylic acids is 2. The number of nitrogens with zero attached hydrogens (tertiary/aromatic N) is 1. The number of urea groups is 1. The SMILES string of the molecule is CC(C)CNC(=O)NC(=O)CN1CCCC(C(C)N)C1.Cl. The van der Waals surface area contributed by atoms with Crippen LogP contribution in [0, 0.1) is 11.8 Å². The number of rotatable bonds is 5. The molecule has 1 saturated heterocycles. The highest BCUT2D eigenvalue weighted by Gasteiger charge is 2.24. The summed E-state index contributed by atoms with van der Waals surface area (Å²) in [7, 11) is 0. The molecule has 0 aliphatic carbocycles. The minimum Gasteiger partial charge on any atom is -0.338 e. The number of piperidine rings is 1. The Bertz CT molecular complexity index is 337. The van der Waals surface area contributed by atoms with E-state index in [2.05, 4.69) is 15.5 Å². The van der Waals surface area contributed by atoms with Gasteiger partial charge in [-0.25, -0.2) is 4.79 Å². The second-order valence-corrected chi connectivity index (χ2v) is 6.15. The summed E-state index contributed by atoms with van der Waals surface area (Å²) >= 11 is 0. The Balaban J connectivity index is 0.00000400. The standard InChI is InChI=1S/C14H28N4O2.ClH/c1-10(2)7-16-14(20)17-13(19)9-18-6-4-5-12(8-18)11(3)15;/h10-12H,4-9,15H2,1-3H3,(H2,16,17,19,20);1H. The van der Waals surface area contributed by atoms with Gasteiger partial charge in [0.2, 0.25) is 5.91 Å². The molecule has 0 radical (unpaired) electrons. The van der Waals surface area contributed by atoms with Crippen molar-refractivity contribution in [2.24, 2.45) is 17.6 Å². The predicted molar refractivity (Wildman–Crippen MR) is 86.4 cm³/mol. The maximum Gasteiger partial charge on any atom is 0.321 e. The normalized spacial score (nSPS) is 20.5. The Kier molecular flexibility index (Phi) is 9.57. The molecule has 0 bridgehead atoms. The summed E-state index contributed by atoms with van der Waals surface area (Å²) in [5.41, 5.74) is 5.92. The molecule has 1 heterocycles. The average molecular weight is 321 g/mol. The lowest BCUT2D eigenvalue weighted by atomic mass is 9.92. The number of hydrogen-bond acceptors (Lipinski definition) is 4. The third-order valence-electron chi connectivity index (χ3n) is 3.58. The van der Waals surface area contributed by atoms with E-state index >= 15 is 0 Å². The number of hydrogen-bond donors (Lipinski definition) is 3. The van der Waals surface area contributed by atoms with Crippen LogP contribution in [-0.2, 0) is 4.79 Å². The first kappa shape index (κ1) is 20.1. The van der Waals surface area contributed by atoms with Gasteiger partial charge in [-0.1, -0.05) is 13.8 Å². The largest absolute Gasteiger partial charge is 0.338 e. The van der Waals surface area contributed by atoms with Gasteiger partial charge in [-0.05, 0) is 38.1 Å². The van der Waals surface area contributed by atoms with Crippen LogP contribution in [0.2, 0.25) is 0 Å². The number of likely N-dealkylation sites (tertiary alicyclic amines) is 1. The van der Waals surface area contributed by atoms with Gasteiger partial charge in [0.15, 0.2) is 0 Å². The number of amides is 3. The smallest absolute Gasteiger partial charge is 0.321 e. The summed E-state index contributed by atoms with van der Waals surface area (Å²) in [5.74, 6) is 0.549. The molecule has 2 atom stereocenters. The lowest BCUT2D eigenvalue weighted by Crippen LogP contribution is -2.49. The van der Waals surface area contributed by atoms with E-state index in [0.29, 0.717) is 18.4 Å². The molecule has 4 N–H and O–H groups in total. The highest BCUT2D eigenvalue weighted by Crippen LogP contribution is 2.18. The molecule has 7 heteroatoms. The minimum absolute atomic E-state index is 0. The maximum absolute atomic E-state index is 11.8. The van der Waals surface area contributed by atoms with Gasteiger partial charge in [0.05, 0.1) is 6.54 Å². The first-order valence-corrected chi connectivity index (χ1v) is 7.44. The van der Waals surface area contributed by atoms with Crippen LogP contribution in [-0.4, -0.2) is 49.1 Å². The fourth-order valence-electron chi connectivity index (χ4n) is 2.37. The zero-order chi connectivity index (χ0) is 15.1. The zero-order valence-electron chi connectivity index (χ0n) is 13.2. The van der Waals surface area contributed by atoms with Crippen molar-refractivity contribution in [2.75, 3.05) is 26.2 Å². The second kappa shape index (κ2) is 9.97. The molecule has 21 heavy (non-hydrogen) atoms. The fourth-order valence-corrected chi connectivity index (χ4v) is 2.37. The van der Waals surface area contributed by atoms with Gasteiger partial charge >= 0.3 is 6.03 Å². The highest BCUT2D eigenvalue weighted by atomic mass is 35.5. The maximum atomic E-state index is 11.8. The molecule has 0 aromatic heterocycles. The number of nitrogens with two attached hydrogens (primary N) is 1. The van der Waals surface area contributed by atoms with Gasteiger partial charge < -0.3 is 11.1 Å². The number of carbonyl (C=O) groups is 2. The minimum atomic E-state index is -0.413. The van der Waals surface area contributed by atoms with Crippen LogP contribution >= 0.6 is 12.4 Å². The van der Waals surface area contributed by atoms with E-state index in [1.54, 1.807) is 0 Å². The second-order valence-electron chi connectivity index (χ2n) is 6.15. The molecule has 1 aliphatic heterocycles. The first-order valence-electron chi connectivity index (χ1n) is 7.44. The van der Waals surface area contributed by atoms with E-state index in [1.807, 2.05) is 20.8 Å². The molecule has 6 nitrogen and oxygen atoms in total. The van der Waals surface area contributed by atoms with Gasteiger partial charge in [-0.2, -0.15) is 0 Å². The van der Waals surface area contributed by atoms with Crippen molar-refractivity contribution in [2.45, 2.75) is 39.7 Å². The van der Waals surface area contributed by atoms with Gasteiger partial charge in [-0.3, -0.25) is 15.0 Å². The van der Waals surface area contributed by atoms with E-state index < -0.39 is 6.03 Å². The monoisotopic (exact) mass is 320 g/mol. The lowest BCUT2D eigenvalue weighted by molar-refractivity contribution is -0.121. The van der Waals surface area contributed by atoms with E-state index in [1.165, 1.54) is 0 Å². The van der Waals surface area contributed by atoms with Gasteiger partial charge in [-0.15, -0.1) is 12.4 Å². The Morgan fingerprint density at radius 1 is 1.33 bits per heavy atom. The molecular formula is C14H29ClN4O2. The van der Waals surface area contributed by atoms with Crippen LogP contribution in [0.4, 0.5) is 4.79 Å². The van der Waals surface area contributed by atoms with E-state index in [-0.39, 0.29) is 30.9 Å². The molecule has 1 rings (SSSR count). The van der Waals surface area contributed by atoms with Gasteiger partial charge in [0.1, 0.15) is 0 Å². The molecule has 1 aliphatic rings. The molecule has 3 amide bonds. The highest BCUT2D eigenvalue weighted by molar-refractivity contribution is 5.95. The van der Waals surface area contributed by atoms with Crippen molar-refractivity contribution in [1.29, 1.82) is 0 Å². The Morgan fingerprint density at radius 2 is 2.00 bits per heavy atom. The summed E-state index contributed by atoms with van der Waals surface area (Å²) in [6.07, 6.45) is 2.17. The first-order chi connectivity index (χ1) is 9.38. The fraction of sp³-hybridized carbons (Fsp3) is 0.857. The van der Waals surface area contributed by atoms with Gasteiger partial charge in [0, 0.05) is 19.1 Å². The van der Waals surface area contributed by atoms with Crippen LogP contribution in [0.15, 0.2) is 0 Å². The molecule has 124 valence electrons. The molecule has 0 saturated carbocycles. The number of halogens is 1. The molecule has 1 fully saturated rings. The molecule has 0 aromatic carbocycles. The van der Waals surface area contributed by atoms with Crippen LogP contribution in [0.5, 0.6) is 0 Å². The van der Waals surface area contributed by atoms with Gasteiger partial charge in [0.25, 0.3) is 0 Å². The Morgan fingerprint density at radius 3 is 2.57 bits per heavy atom. The third kappa shape index (κ3) is 8.24. The lowest BCUT2D eigenvalue weighted by Gasteiger charge is -2.34.